The highest BCUT2D eigenvalue weighted by Crippen LogP contribution is 2.34. The Morgan fingerprint density at radius 1 is 1.33 bits per heavy atom. The number of hydrogen-bond acceptors (Lipinski definition) is 2. The summed E-state index contributed by atoms with van der Waals surface area (Å²) < 4.78 is 0. The van der Waals surface area contributed by atoms with Gasteiger partial charge < -0.3 is 10.3 Å². The van der Waals surface area contributed by atoms with E-state index in [1.165, 1.54) is 10.9 Å². The number of para-hydroxylation sites is 1. The highest BCUT2D eigenvalue weighted by molar-refractivity contribution is 5.93. The first kappa shape index (κ1) is 15.0. The fraction of sp³-hybridized carbons (Fsp3) is 0.368. The molecule has 124 valence electrons. The Balaban J connectivity index is 1.61. The van der Waals surface area contributed by atoms with Gasteiger partial charge in [0.2, 0.25) is 0 Å². The third-order valence-electron chi connectivity index (χ3n) is 4.87. The number of benzene rings is 1. The molecular formula is C19H22N4O. The van der Waals surface area contributed by atoms with Crippen molar-refractivity contribution < 1.29 is 4.79 Å². The SMILES string of the molecule is CC(C)c1cc(C(=O)NC2CCCc3c2[nH]c2ccccc32)n[nH]1. The first-order chi connectivity index (χ1) is 11.6. The van der Waals surface area contributed by atoms with E-state index >= 15 is 0 Å². The van der Waals surface area contributed by atoms with Gasteiger partial charge in [0.1, 0.15) is 5.69 Å². The molecular weight excluding hydrogens is 300 g/mol. The third kappa shape index (κ3) is 2.50. The highest BCUT2D eigenvalue weighted by atomic mass is 16.2. The van der Waals surface area contributed by atoms with E-state index in [2.05, 4.69) is 52.5 Å². The molecule has 0 spiro atoms. The molecule has 1 atom stereocenters. The maximum atomic E-state index is 12.6. The van der Waals surface area contributed by atoms with Crippen LogP contribution in [0.5, 0.6) is 0 Å². The number of aromatic amines is 2. The van der Waals surface area contributed by atoms with E-state index in [1.54, 1.807) is 0 Å². The van der Waals surface area contributed by atoms with Gasteiger partial charge in [0.15, 0.2) is 0 Å². The average Bonchev–Trinajstić information content (AvgIpc) is 3.20. The molecule has 2 aromatic heterocycles. The quantitative estimate of drug-likeness (QED) is 0.686. The van der Waals surface area contributed by atoms with Gasteiger partial charge in [-0.25, -0.2) is 0 Å². The van der Waals surface area contributed by atoms with Crippen LogP contribution in [0.15, 0.2) is 30.3 Å². The Morgan fingerprint density at radius 2 is 2.17 bits per heavy atom. The van der Waals surface area contributed by atoms with Crippen LogP contribution in [0.25, 0.3) is 10.9 Å². The summed E-state index contributed by atoms with van der Waals surface area (Å²) in [6.07, 6.45) is 3.09. The minimum Gasteiger partial charge on any atom is -0.356 e. The lowest BCUT2D eigenvalue weighted by molar-refractivity contribution is 0.0927. The molecule has 4 rings (SSSR count). The molecule has 3 N–H and O–H groups in total. The van der Waals surface area contributed by atoms with Crippen LogP contribution in [0.1, 0.15) is 66.1 Å². The van der Waals surface area contributed by atoms with Crippen molar-refractivity contribution in [1.29, 1.82) is 0 Å². The molecule has 24 heavy (non-hydrogen) atoms. The van der Waals surface area contributed by atoms with Crippen LogP contribution in [-0.4, -0.2) is 21.1 Å². The monoisotopic (exact) mass is 322 g/mol. The molecule has 0 bridgehead atoms. The standard InChI is InChI=1S/C19H22N4O/c1-11(2)16-10-17(23-22-16)19(24)21-15-9-5-7-13-12-6-3-4-8-14(12)20-18(13)15/h3-4,6,8,10-11,15,20H,5,7,9H2,1-2H3,(H,21,24)(H,22,23). The van der Waals surface area contributed by atoms with Gasteiger partial charge in [-0.2, -0.15) is 5.10 Å². The lowest BCUT2D eigenvalue weighted by atomic mass is 9.91. The zero-order valence-corrected chi connectivity index (χ0v) is 14.0. The molecule has 1 aliphatic carbocycles. The first-order valence-corrected chi connectivity index (χ1v) is 8.59. The molecule has 0 aliphatic heterocycles. The fourth-order valence-corrected chi connectivity index (χ4v) is 3.54. The summed E-state index contributed by atoms with van der Waals surface area (Å²) in [7, 11) is 0. The minimum absolute atomic E-state index is 0.0212. The predicted octanol–water partition coefficient (Wildman–Crippen LogP) is 3.82. The van der Waals surface area contributed by atoms with Crippen molar-refractivity contribution in [1.82, 2.24) is 20.5 Å². The molecule has 3 aromatic rings. The van der Waals surface area contributed by atoms with Crippen molar-refractivity contribution in [2.75, 3.05) is 0 Å². The maximum absolute atomic E-state index is 12.6. The molecule has 1 amide bonds. The Labute approximate surface area is 140 Å². The smallest absolute Gasteiger partial charge is 0.272 e. The zero-order valence-electron chi connectivity index (χ0n) is 14.0. The van der Waals surface area contributed by atoms with Gasteiger partial charge in [0.05, 0.1) is 6.04 Å². The topological polar surface area (TPSA) is 73.6 Å². The van der Waals surface area contributed by atoms with Crippen LogP contribution in [0.3, 0.4) is 0 Å². The highest BCUT2D eigenvalue weighted by Gasteiger charge is 2.26. The van der Waals surface area contributed by atoms with Gasteiger partial charge in [-0.15, -0.1) is 0 Å². The lowest BCUT2D eigenvalue weighted by Gasteiger charge is -2.23. The molecule has 5 nitrogen and oxygen atoms in total. The van der Waals surface area contributed by atoms with Crippen molar-refractivity contribution >= 4 is 16.8 Å². The number of aromatic nitrogens is 3. The molecule has 2 heterocycles. The lowest BCUT2D eigenvalue weighted by Crippen LogP contribution is -2.31. The van der Waals surface area contributed by atoms with Crippen LogP contribution in [-0.2, 0) is 6.42 Å². The van der Waals surface area contributed by atoms with Crippen molar-refractivity contribution in [3.05, 3.63) is 53.0 Å². The zero-order chi connectivity index (χ0) is 16.7. The van der Waals surface area contributed by atoms with Gasteiger partial charge in [0.25, 0.3) is 5.91 Å². The number of amides is 1. The largest absolute Gasteiger partial charge is 0.356 e. The van der Waals surface area contributed by atoms with Crippen molar-refractivity contribution in [3.8, 4) is 0 Å². The van der Waals surface area contributed by atoms with Crippen LogP contribution in [0, 0.1) is 0 Å². The molecule has 5 heteroatoms. The second-order valence-corrected chi connectivity index (χ2v) is 6.84. The summed E-state index contributed by atoms with van der Waals surface area (Å²) in [6.45, 7) is 4.15. The summed E-state index contributed by atoms with van der Waals surface area (Å²) in [5, 5.41) is 11.5. The van der Waals surface area contributed by atoms with E-state index in [0.717, 1.165) is 36.2 Å². The molecule has 0 saturated heterocycles. The number of rotatable bonds is 3. The van der Waals surface area contributed by atoms with E-state index < -0.39 is 0 Å². The first-order valence-electron chi connectivity index (χ1n) is 8.59. The summed E-state index contributed by atoms with van der Waals surface area (Å²) in [5.41, 5.74) is 5.07. The van der Waals surface area contributed by atoms with Gasteiger partial charge >= 0.3 is 0 Å². The molecule has 1 aliphatic rings. The number of carbonyl (C=O) groups excluding carboxylic acids is 1. The number of nitrogens with one attached hydrogen (secondary N) is 3. The second kappa shape index (κ2) is 5.82. The normalized spacial score (nSPS) is 17.2. The van der Waals surface area contributed by atoms with E-state index in [9.17, 15) is 4.79 Å². The van der Waals surface area contributed by atoms with Crippen LogP contribution in [0.4, 0.5) is 0 Å². The van der Waals surface area contributed by atoms with E-state index in [-0.39, 0.29) is 11.9 Å². The molecule has 0 radical (unpaired) electrons. The molecule has 0 saturated carbocycles. The third-order valence-corrected chi connectivity index (χ3v) is 4.87. The molecule has 0 fully saturated rings. The summed E-state index contributed by atoms with van der Waals surface area (Å²) >= 11 is 0. The van der Waals surface area contributed by atoms with Crippen molar-refractivity contribution in [2.45, 2.75) is 45.1 Å². The molecule has 1 aromatic carbocycles. The van der Waals surface area contributed by atoms with Crippen LogP contribution in [0.2, 0.25) is 0 Å². The Hall–Kier alpha value is -2.56. The van der Waals surface area contributed by atoms with E-state index in [1.807, 2.05) is 12.1 Å². The number of aryl methyl sites for hydroxylation is 1. The second-order valence-electron chi connectivity index (χ2n) is 6.84. The van der Waals surface area contributed by atoms with Crippen LogP contribution >= 0.6 is 0 Å². The number of H-pyrrole nitrogens is 2. The Morgan fingerprint density at radius 3 is 2.96 bits per heavy atom. The van der Waals surface area contributed by atoms with E-state index in [4.69, 9.17) is 0 Å². The number of fused-ring (bicyclic) bond motifs is 3. The van der Waals surface area contributed by atoms with Gasteiger partial charge in [-0.3, -0.25) is 9.89 Å². The number of carbonyl (C=O) groups is 1. The fourth-order valence-electron chi connectivity index (χ4n) is 3.54. The predicted molar refractivity (Wildman–Crippen MR) is 94.1 cm³/mol. The maximum Gasteiger partial charge on any atom is 0.272 e. The van der Waals surface area contributed by atoms with Gasteiger partial charge in [0, 0.05) is 22.3 Å². The Kier molecular flexibility index (Phi) is 3.63. The van der Waals surface area contributed by atoms with E-state index in [0.29, 0.717) is 11.6 Å². The van der Waals surface area contributed by atoms with Gasteiger partial charge in [-0.1, -0.05) is 32.0 Å². The Bertz CT molecular complexity index is 890. The summed E-state index contributed by atoms with van der Waals surface area (Å²) in [6, 6.07) is 10.2. The summed E-state index contributed by atoms with van der Waals surface area (Å²) in [4.78, 5) is 16.1. The summed E-state index contributed by atoms with van der Waals surface area (Å²) in [5.74, 6) is 0.212. The average molecular weight is 322 g/mol. The van der Waals surface area contributed by atoms with Gasteiger partial charge in [-0.05, 0) is 42.9 Å². The van der Waals surface area contributed by atoms with Crippen molar-refractivity contribution in [3.63, 3.8) is 0 Å². The van der Waals surface area contributed by atoms with Crippen LogP contribution < -0.4 is 5.32 Å². The van der Waals surface area contributed by atoms with Crippen molar-refractivity contribution in [2.24, 2.45) is 0 Å². The minimum atomic E-state index is -0.116. The number of hydrogen-bond donors (Lipinski definition) is 3. The number of nitrogens with zero attached hydrogens (tertiary/aromatic N) is 1. The molecule has 1 unspecified atom stereocenters.